The molecular formula is C19H25N3O2S. The summed E-state index contributed by atoms with van der Waals surface area (Å²) in [6.45, 7) is 6.38. The molecule has 0 radical (unpaired) electrons. The molecule has 1 aromatic heterocycles. The van der Waals surface area contributed by atoms with Gasteiger partial charge in [-0.05, 0) is 37.3 Å². The lowest BCUT2D eigenvalue weighted by Gasteiger charge is -2.35. The van der Waals surface area contributed by atoms with E-state index in [2.05, 4.69) is 29.4 Å². The van der Waals surface area contributed by atoms with E-state index in [0.29, 0.717) is 22.9 Å². The second-order valence-corrected chi connectivity index (χ2v) is 8.17. The number of thioether (sulfide) groups is 1. The second-order valence-electron chi connectivity index (χ2n) is 6.88. The average molecular weight is 359 g/mol. The van der Waals surface area contributed by atoms with Gasteiger partial charge >= 0.3 is 0 Å². The number of hydrogen-bond acceptors (Lipinski definition) is 5. The highest BCUT2D eigenvalue weighted by atomic mass is 32.2. The standard InChI is InChI=1S/C19H25N3O2S/c1-12-8-7-11-16(13(12)2)20-17(23)14(3)25-19-22-21-18(24-19)15-9-5-4-6-10-15/h4-6,9-10,12-14,16H,7-8,11H2,1-3H3,(H,20,23). The highest BCUT2D eigenvalue weighted by Crippen LogP contribution is 2.30. The Morgan fingerprint density at radius 2 is 2.00 bits per heavy atom. The summed E-state index contributed by atoms with van der Waals surface area (Å²) in [5, 5.41) is 11.5. The molecule has 1 N–H and O–H groups in total. The van der Waals surface area contributed by atoms with Crippen LogP contribution in [0.1, 0.15) is 40.0 Å². The largest absolute Gasteiger partial charge is 0.411 e. The van der Waals surface area contributed by atoms with Gasteiger partial charge in [-0.3, -0.25) is 4.79 Å². The molecule has 0 aliphatic heterocycles. The normalized spacial score (nSPS) is 24.7. The maximum absolute atomic E-state index is 12.5. The highest BCUT2D eigenvalue weighted by molar-refractivity contribution is 8.00. The molecule has 1 saturated carbocycles. The van der Waals surface area contributed by atoms with Crippen LogP contribution in [0.4, 0.5) is 0 Å². The first kappa shape index (κ1) is 18.0. The van der Waals surface area contributed by atoms with Crippen LogP contribution >= 0.6 is 11.8 Å². The summed E-state index contributed by atoms with van der Waals surface area (Å²) < 4.78 is 5.68. The summed E-state index contributed by atoms with van der Waals surface area (Å²) in [6, 6.07) is 9.90. The minimum absolute atomic E-state index is 0.0374. The number of hydrogen-bond donors (Lipinski definition) is 1. The van der Waals surface area contributed by atoms with E-state index in [-0.39, 0.29) is 17.2 Å². The van der Waals surface area contributed by atoms with Crippen molar-refractivity contribution < 1.29 is 9.21 Å². The van der Waals surface area contributed by atoms with Crippen molar-refractivity contribution in [2.24, 2.45) is 11.8 Å². The van der Waals surface area contributed by atoms with Crippen molar-refractivity contribution in [1.29, 1.82) is 0 Å². The van der Waals surface area contributed by atoms with Crippen LogP contribution in [0.15, 0.2) is 40.0 Å². The lowest BCUT2D eigenvalue weighted by atomic mass is 9.78. The zero-order chi connectivity index (χ0) is 17.8. The molecule has 1 amide bonds. The molecule has 2 aromatic rings. The molecule has 1 heterocycles. The van der Waals surface area contributed by atoms with Crippen LogP contribution in [0.5, 0.6) is 0 Å². The van der Waals surface area contributed by atoms with Crippen LogP contribution in [-0.2, 0) is 4.79 Å². The van der Waals surface area contributed by atoms with Gasteiger partial charge in [0.15, 0.2) is 0 Å². The van der Waals surface area contributed by atoms with Gasteiger partial charge in [0.2, 0.25) is 11.8 Å². The number of amides is 1. The van der Waals surface area contributed by atoms with Crippen LogP contribution < -0.4 is 5.32 Å². The number of carbonyl (C=O) groups is 1. The Balaban J connectivity index is 1.57. The van der Waals surface area contributed by atoms with Gasteiger partial charge in [-0.25, -0.2) is 0 Å². The van der Waals surface area contributed by atoms with Gasteiger partial charge in [-0.1, -0.05) is 56.7 Å². The zero-order valence-electron chi connectivity index (χ0n) is 14.9. The quantitative estimate of drug-likeness (QED) is 0.812. The monoisotopic (exact) mass is 359 g/mol. The number of nitrogens with zero attached hydrogens (tertiary/aromatic N) is 2. The molecule has 25 heavy (non-hydrogen) atoms. The third-order valence-electron chi connectivity index (χ3n) is 5.11. The van der Waals surface area contributed by atoms with Crippen molar-refractivity contribution in [2.45, 2.75) is 56.5 Å². The first-order valence-corrected chi connectivity index (χ1v) is 9.78. The molecule has 4 unspecified atom stereocenters. The molecule has 0 bridgehead atoms. The molecule has 5 nitrogen and oxygen atoms in total. The molecular weight excluding hydrogens is 334 g/mol. The van der Waals surface area contributed by atoms with Crippen molar-refractivity contribution in [3.8, 4) is 11.5 Å². The third-order valence-corrected chi connectivity index (χ3v) is 6.04. The highest BCUT2D eigenvalue weighted by Gasteiger charge is 2.29. The summed E-state index contributed by atoms with van der Waals surface area (Å²) in [5.41, 5.74) is 0.879. The third kappa shape index (κ3) is 4.42. The number of aromatic nitrogens is 2. The number of nitrogens with one attached hydrogen (secondary N) is 1. The molecule has 0 spiro atoms. The van der Waals surface area contributed by atoms with Crippen molar-refractivity contribution in [2.75, 3.05) is 0 Å². The van der Waals surface area contributed by atoms with Gasteiger partial charge in [0.1, 0.15) is 0 Å². The lowest BCUT2D eigenvalue weighted by molar-refractivity contribution is -0.121. The van der Waals surface area contributed by atoms with Gasteiger partial charge in [-0.2, -0.15) is 0 Å². The van der Waals surface area contributed by atoms with Crippen LogP contribution in [0.2, 0.25) is 0 Å². The molecule has 4 atom stereocenters. The van der Waals surface area contributed by atoms with Gasteiger partial charge in [-0.15, -0.1) is 10.2 Å². The smallest absolute Gasteiger partial charge is 0.277 e. The molecule has 1 aromatic carbocycles. The van der Waals surface area contributed by atoms with Crippen molar-refractivity contribution in [3.63, 3.8) is 0 Å². The van der Waals surface area contributed by atoms with Crippen molar-refractivity contribution >= 4 is 17.7 Å². The SMILES string of the molecule is CC(Sc1nnc(-c2ccccc2)o1)C(=O)NC1CCCC(C)C1C. The summed E-state index contributed by atoms with van der Waals surface area (Å²) in [5.74, 6) is 1.69. The Morgan fingerprint density at radius 3 is 2.76 bits per heavy atom. The summed E-state index contributed by atoms with van der Waals surface area (Å²) in [7, 11) is 0. The van der Waals surface area contributed by atoms with Gasteiger partial charge in [0.25, 0.3) is 5.22 Å². The lowest BCUT2D eigenvalue weighted by Crippen LogP contribution is -2.46. The predicted octanol–water partition coefficient (Wildman–Crippen LogP) is 4.16. The molecule has 0 saturated heterocycles. The number of benzene rings is 1. The molecule has 3 rings (SSSR count). The van der Waals surface area contributed by atoms with E-state index in [0.717, 1.165) is 12.0 Å². The minimum atomic E-state index is -0.270. The second kappa shape index (κ2) is 8.04. The van der Waals surface area contributed by atoms with Crippen LogP contribution in [0, 0.1) is 11.8 Å². The van der Waals surface area contributed by atoms with E-state index < -0.39 is 0 Å². The fourth-order valence-corrected chi connectivity index (χ4v) is 3.94. The Hall–Kier alpha value is -1.82. The maximum Gasteiger partial charge on any atom is 0.277 e. The van der Waals surface area contributed by atoms with Gasteiger partial charge in [0.05, 0.1) is 5.25 Å². The average Bonchev–Trinajstić information content (AvgIpc) is 3.08. The predicted molar refractivity (Wildman–Crippen MR) is 99.2 cm³/mol. The minimum Gasteiger partial charge on any atom is -0.411 e. The van der Waals surface area contributed by atoms with Crippen molar-refractivity contribution in [1.82, 2.24) is 15.5 Å². The number of carbonyl (C=O) groups excluding carboxylic acids is 1. The zero-order valence-corrected chi connectivity index (χ0v) is 15.8. The molecule has 1 fully saturated rings. The van der Waals surface area contributed by atoms with E-state index in [9.17, 15) is 4.79 Å². The fraction of sp³-hybridized carbons (Fsp3) is 0.526. The van der Waals surface area contributed by atoms with E-state index >= 15 is 0 Å². The fourth-order valence-electron chi connectivity index (χ4n) is 3.25. The van der Waals surface area contributed by atoms with E-state index in [4.69, 9.17) is 4.42 Å². The van der Waals surface area contributed by atoms with E-state index in [1.165, 1.54) is 24.6 Å². The number of rotatable bonds is 5. The van der Waals surface area contributed by atoms with E-state index in [1.54, 1.807) is 0 Å². The maximum atomic E-state index is 12.5. The Labute approximate surface area is 153 Å². The van der Waals surface area contributed by atoms with E-state index in [1.807, 2.05) is 37.3 Å². The molecule has 1 aliphatic rings. The van der Waals surface area contributed by atoms with Crippen LogP contribution in [0.3, 0.4) is 0 Å². The molecule has 1 aliphatic carbocycles. The van der Waals surface area contributed by atoms with Crippen LogP contribution in [-0.4, -0.2) is 27.4 Å². The van der Waals surface area contributed by atoms with Crippen LogP contribution in [0.25, 0.3) is 11.5 Å². The topological polar surface area (TPSA) is 68.0 Å². The Kier molecular flexibility index (Phi) is 5.78. The summed E-state index contributed by atoms with van der Waals surface area (Å²) >= 11 is 1.31. The first-order chi connectivity index (χ1) is 12.0. The Morgan fingerprint density at radius 1 is 1.24 bits per heavy atom. The van der Waals surface area contributed by atoms with Gasteiger partial charge in [0, 0.05) is 11.6 Å². The molecule has 134 valence electrons. The Bertz CT molecular complexity index is 704. The first-order valence-electron chi connectivity index (χ1n) is 8.90. The molecule has 6 heteroatoms. The van der Waals surface area contributed by atoms with Crippen molar-refractivity contribution in [3.05, 3.63) is 30.3 Å². The van der Waals surface area contributed by atoms with Gasteiger partial charge < -0.3 is 9.73 Å². The summed E-state index contributed by atoms with van der Waals surface area (Å²) in [6.07, 6.45) is 3.50. The summed E-state index contributed by atoms with van der Waals surface area (Å²) in [4.78, 5) is 12.5.